The summed E-state index contributed by atoms with van der Waals surface area (Å²) >= 11 is 1.61. The van der Waals surface area contributed by atoms with E-state index < -0.39 is 0 Å². The third kappa shape index (κ3) is 4.57. The summed E-state index contributed by atoms with van der Waals surface area (Å²) in [6.45, 7) is 4.68. The Balaban J connectivity index is 1.63. The van der Waals surface area contributed by atoms with Crippen LogP contribution in [0.4, 0.5) is 0 Å². The fourth-order valence-electron chi connectivity index (χ4n) is 3.76. The van der Waals surface area contributed by atoms with Crippen molar-refractivity contribution in [3.05, 3.63) is 59.1 Å². The Morgan fingerprint density at radius 1 is 1.15 bits per heavy atom. The summed E-state index contributed by atoms with van der Waals surface area (Å²) in [6, 6.07) is 11.9. The average Bonchev–Trinajstić information content (AvgIpc) is 3.51. The van der Waals surface area contributed by atoms with Crippen molar-refractivity contribution in [2.75, 3.05) is 27.8 Å². The zero-order valence-electron chi connectivity index (χ0n) is 19.5. The van der Waals surface area contributed by atoms with Crippen LogP contribution >= 0.6 is 11.3 Å². The number of nitrogens with zero attached hydrogens (tertiary/aromatic N) is 4. The van der Waals surface area contributed by atoms with Crippen LogP contribution in [-0.4, -0.2) is 53.4 Å². The quantitative estimate of drug-likeness (QED) is 0.364. The highest BCUT2D eigenvalue weighted by Gasteiger charge is 2.21. The van der Waals surface area contributed by atoms with Crippen LogP contribution in [0.5, 0.6) is 11.5 Å². The number of carbonyl (C=O) groups is 1. The summed E-state index contributed by atoms with van der Waals surface area (Å²) in [5, 5.41) is 7.29. The number of ether oxygens (including phenoxy) is 2. The van der Waals surface area contributed by atoms with Gasteiger partial charge in [-0.05, 0) is 55.5 Å². The largest absolute Gasteiger partial charge is 0.493 e. The molecular weight excluding hydrogens is 436 g/mol. The van der Waals surface area contributed by atoms with Gasteiger partial charge in [0.05, 0.1) is 41.9 Å². The van der Waals surface area contributed by atoms with Crippen LogP contribution in [0.15, 0.2) is 48.0 Å². The zero-order chi connectivity index (χ0) is 23.5. The molecule has 0 unspecified atom stereocenters. The SMILES string of the molecule is COc1ccc(CCN(C)C(=O)c2cc(-c3cccs3)nc3c2cnn3C(C)C)cc1OC. The molecule has 0 N–H and O–H groups in total. The minimum Gasteiger partial charge on any atom is -0.493 e. The molecule has 7 nitrogen and oxygen atoms in total. The molecular formula is C25H28N4O3S. The second kappa shape index (κ2) is 9.62. The van der Waals surface area contributed by atoms with Crippen molar-refractivity contribution in [3.8, 4) is 22.1 Å². The van der Waals surface area contributed by atoms with Crippen molar-refractivity contribution >= 4 is 28.3 Å². The number of fused-ring (bicyclic) bond motifs is 1. The van der Waals surface area contributed by atoms with Crippen LogP contribution in [-0.2, 0) is 6.42 Å². The van der Waals surface area contributed by atoms with Gasteiger partial charge in [0.25, 0.3) is 5.91 Å². The monoisotopic (exact) mass is 464 g/mol. The minimum absolute atomic E-state index is 0.0519. The summed E-state index contributed by atoms with van der Waals surface area (Å²) in [6.07, 6.45) is 2.44. The number of likely N-dealkylation sites (N-methyl/N-ethyl adjacent to an activating group) is 1. The molecule has 0 aliphatic carbocycles. The Hall–Kier alpha value is -3.39. The van der Waals surface area contributed by atoms with Gasteiger partial charge in [0, 0.05) is 19.6 Å². The van der Waals surface area contributed by atoms with E-state index in [0.29, 0.717) is 30.0 Å². The van der Waals surface area contributed by atoms with Crippen molar-refractivity contribution in [1.82, 2.24) is 19.7 Å². The first-order valence-electron chi connectivity index (χ1n) is 10.8. The standard InChI is InChI=1S/C25H28N4O3S/c1-16(2)29-24-19(15-26-29)18(14-20(27-24)23-7-6-12-33-23)25(30)28(3)11-10-17-8-9-21(31-4)22(13-17)32-5/h6-9,12-16H,10-11H2,1-5H3. The van der Waals surface area contributed by atoms with E-state index in [2.05, 4.69) is 18.9 Å². The Morgan fingerprint density at radius 2 is 1.94 bits per heavy atom. The predicted octanol–water partition coefficient (Wildman–Crippen LogP) is 5.07. The van der Waals surface area contributed by atoms with Gasteiger partial charge in [-0.3, -0.25) is 4.79 Å². The molecule has 0 radical (unpaired) electrons. The lowest BCUT2D eigenvalue weighted by Crippen LogP contribution is -2.29. The molecule has 4 rings (SSSR count). The van der Waals surface area contributed by atoms with E-state index in [4.69, 9.17) is 14.5 Å². The van der Waals surface area contributed by atoms with Crippen LogP contribution in [0.1, 0.15) is 35.8 Å². The van der Waals surface area contributed by atoms with E-state index >= 15 is 0 Å². The lowest BCUT2D eigenvalue weighted by atomic mass is 10.1. The summed E-state index contributed by atoms with van der Waals surface area (Å²) in [4.78, 5) is 21.1. The van der Waals surface area contributed by atoms with Crippen molar-refractivity contribution in [2.24, 2.45) is 0 Å². The predicted molar refractivity (Wildman–Crippen MR) is 131 cm³/mol. The van der Waals surface area contributed by atoms with E-state index in [0.717, 1.165) is 27.2 Å². The number of thiophene rings is 1. The minimum atomic E-state index is -0.0519. The molecule has 8 heteroatoms. The van der Waals surface area contributed by atoms with Gasteiger partial charge in [-0.2, -0.15) is 5.10 Å². The third-order valence-electron chi connectivity index (χ3n) is 5.59. The van der Waals surface area contributed by atoms with E-state index in [9.17, 15) is 4.79 Å². The number of hydrogen-bond acceptors (Lipinski definition) is 6. The van der Waals surface area contributed by atoms with Crippen LogP contribution in [0.2, 0.25) is 0 Å². The number of methoxy groups -OCH3 is 2. The van der Waals surface area contributed by atoms with E-state index in [1.807, 2.05) is 53.5 Å². The fourth-order valence-corrected chi connectivity index (χ4v) is 4.45. The maximum Gasteiger partial charge on any atom is 0.254 e. The molecule has 0 bridgehead atoms. The highest BCUT2D eigenvalue weighted by atomic mass is 32.1. The van der Waals surface area contributed by atoms with Crippen molar-refractivity contribution < 1.29 is 14.3 Å². The van der Waals surface area contributed by atoms with Crippen LogP contribution in [0.25, 0.3) is 21.6 Å². The first kappa shape index (κ1) is 22.8. The Labute approximate surface area is 197 Å². The first-order chi connectivity index (χ1) is 15.9. The number of amides is 1. The molecule has 0 aliphatic rings. The van der Waals surface area contributed by atoms with E-state index in [1.165, 1.54) is 0 Å². The molecule has 1 aromatic carbocycles. The molecule has 0 spiro atoms. The number of aromatic nitrogens is 3. The van der Waals surface area contributed by atoms with Gasteiger partial charge in [0.15, 0.2) is 17.1 Å². The van der Waals surface area contributed by atoms with Gasteiger partial charge in [-0.25, -0.2) is 9.67 Å². The lowest BCUT2D eigenvalue weighted by Gasteiger charge is -2.19. The molecule has 0 atom stereocenters. The molecule has 3 aromatic heterocycles. The number of hydrogen-bond donors (Lipinski definition) is 0. The zero-order valence-corrected chi connectivity index (χ0v) is 20.3. The van der Waals surface area contributed by atoms with Gasteiger partial charge in [0.2, 0.25) is 0 Å². The summed E-state index contributed by atoms with van der Waals surface area (Å²) < 4.78 is 12.6. The van der Waals surface area contributed by atoms with Crippen molar-refractivity contribution in [2.45, 2.75) is 26.3 Å². The topological polar surface area (TPSA) is 69.5 Å². The molecule has 4 aromatic rings. The second-order valence-corrected chi connectivity index (χ2v) is 9.07. The molecule has 3 heterocycles. The maximum absolute atomic E-state index is 13.5. The van der Waals surface area contributed by atoms with Gasteiger partial charge < -0.3 is 14.4 Å². The Bertz CT molecular complexity index is 1260. The molecule has 0 saturated heterocycles. The fraction of sp³-hybridized carbons (Fsp3) is 0.320. The molecule has 0 aliphatic heterocycles. The molecule has 0 saturated carbocycles. The number of pyridine rings is 1. The Morgan fingerprint density at radius 3 is 2.61 bits per heavy atom. The van der Waals surface area contributed by atoms with Gasteiger partial charge in [-0.15, -0.1) is 11.3 Å². The highest BCUT2D eigenvalue weighted by molar-refractivity contribution is 7.13. The summed E-state index contributed by atoms with van der Waals surface area (Å²) in [5.74, 6) is 1.32. The third-order valence-corrected chi connectivity index (χ3v) is 6.48. The summed E-state index contributed by atoms with van der Waals surface area (Å²) in [7, 11) is 5.06. The second-order valence-electron chi connectivity index (χ2n) is 8.12. The average molecular weight is 465 g/mol. The smallest absolute Gasteiger partial charge is 0.254 e. The molecule has 33 heavy (non-hydrogen) atoms. The summed E-state index contributed by atoms with van der Waals surface area (Å²) in [5.41, 5.74) is 3.20. The van der Waals surface area contributed by atoms with Crippen LogP contribution in [0.3, 0.4) is 0 Å². The maximum atomic E-state index is 13.5. The van der Waals surface area contributed by atoms with Gasteiger partial charge in [0.1, 0.15) is 0 Å². The van der Waals surface area contributed by atoms with Crippen molar-refractivity contribution in [1.29, 1.82) is 0 Å². The highest BCUT2D eigenvalue weighted by Crippen LogP contribution is 2.30. The first-order valence-corrected chi connectivity index (χ1v) is 11.7. The van der Waals surface area contributed by atoms with Gasteiger partial charge >= 0.3 is 0 Å². The van der Waals surface area contributed by atoms with Crippen LogP contribution in [0, 0.1) is 0 Å². The number of benzene rings is 1. The molecule has 0 fully saturated rings. The van der Waals surface area contributed by atoms with E-state index in [-0.39, 0.29) is 11.9 Å². The number of carbonyl (C=O) groups excluding carboxylic acids is 1. The Kier molecular flexibility index (Phi) is 6.65. The van der Waals surface area contributed by atoms with Gasteiger partial charge in [-0.1, -0.05) is 12.1 Å². The van der Waals surface area contributed by atoms with Crippen LogP contribution < -0.4 is 9.47 Å². The van der Waals surface area contributed by atoms with E-state index in [1.54, 1.807) is 36.7 Å². The lowest BCUT2D eigenvalue weighted by molar-refractivity contribution is 0.0798. The molecule has 172 valence electrons. The number of rotatable bonds is 8. The van der Waals surface area contributed by atoms with Crippen molar-refractivity contribution in [3.63, 3.8) is 0 Å². The normalized spacial score (nSPS) is 11.2. The molecule has 1 amide bonds.